The van der Waals surface area contributed by atoms with Crippen LogP contribution in [-0.2, 0) is 16.6 Å². The topological polar surface area (TPSA) is 75.4 Å². The number of aryl methyl sites for hydroxylation is 1. The summed E-state index contributed by atoms with van der Waals surface area (Å²) in [6, 6.07) is -0.102. The predicted molar refractivity (Wildman–Crippen MR) is 89.1 cm³/mol. The van der Waals surface area contributed by atoms with Crippen LogP contribution in [0.4, 0.5) is 0 Å². The lowest BCUT2D eigenvalue weighted by Gasteiger charge is -2.24. The maximum Gasteiger partial charge on any atom is 0.242 e. The fourth-order valence-corrected chi connectivity index (χ4v) is 5.38. The Balaban J connectivity index is 3.02. The zero-order valence-corrected chi connectivity index (χ0v) is 15.1. The van der Waals surface area contributed by atoms with Gasteiger partial charge in [-0.15, -0.1) is 11.3 Å². The van der Waals surface area contributed by atoms with Crippen molar-refractivity contribution in [2.45, 2.75) is 44.7 Å². The number of hydrogen-bond acceptors (Lipinski definition) is 5. The zero-order chi connectivity index (χ0) is 16.2. The van der Waals surface area contributed by atoms with Crippen LogP contribution in [0.15, 0.2) is 10.3 Å². The van der Waals surface area contributed by atoms with Gasteiger partial charge in [-0.3, -0.25) is 0 Å². The second-order valence-electron chi connectivity index (χ2n) is 6.09. The van der Waals surface area contributed by atoms with Gasteiger partial charge >= 0.3 is 0 Å². The molecule has 3 N–H and O–H groups in total. The van der Waals surface area contributed by atoms with Crippen molar-refractivity contribution in [1.29, 1.82) is 0 Å². The van der Waals surface area contributed by atoms with Crippen LogP contribution in [0.1, 0.15) is 30.7 Å². The highest BCUT2D eigenvalue weighted by molar-refractivity contribution is 7.89. The number of rotatable bonds is 8. The van der Waals surface area contributed by atoms with Gasteiger partial charge in [0.05, 0.1) is 0 Å². The molecule has 1 unspecified atom stereocenters. The minimum Gasteiger partial charge on any atom is -0.326 e. The Kier molecular flexibility index (Phi) is 6.80. The number of hydrogen-bond donors (Lipinski definition) is 2. The molecule has 1 heterocycles. The zero-order valence-electron chi connectivity index (χ0n) is 13.5. The van der Waals surface area contributed by atoms with Crippen molar-refractivity contribution in [2.75, 3.05) is 20.6 Å². The molecule has 1 aromatic heterocycles. The summed E-state index contributed by atoms with van der Waals surface area (Å²) in [5, 5.41) is 1.85. The van der Waals surface area contributed by atoms with Crippen LogP contribution >= 0.6 is 11.3 Å². The molecule has 0 aromatic carbocycles. The van der Waals surface area contributed by atoms with Crippen LogP contribution < -0.4 is 10.5 Å². The summed E-state index contributed by atoms with van der Waals surface area (Å²) in [7, 11) is 0.367. The molecule has 0 saturated heterocycles. The largest absolute Gasteiger partial charge is 0.326 e. The van der Waals surface area contributed by atoms with Crippen molar-refractivity contribution >= 4 is 21.4 Å². The molecule has 0 aliphatic rings. The number of nitrogens with one attached hydrogen (secondary N) is 1. The van der Waals surface area contributed by atoms with E-state index in [4.69, 9.17) is 5.73 Å². The lowest BCUT2D eigenvalue weighted by atomic mass is 10.0. The molecule has 21 heavy (non-hydrogen) atoms. The second-order valence-corrected chi connectivity index (χ2v) is 8.70. The molecular formula is C14H27N3O2S2. The fraction of sp³-hybridized carbons (Fsp3) is 0.714. The minimum absolute atomic E-state index is 0.102. The first-order valence-electron chi connectivity index (χ1n) is 7.11. The molecular weight excluding hydrogens is 306 g/mol. The lowest BCUT2D eigenvalue weighted by Crippen LogP contribution is -2.42. The van der Waals surface area contributed by atoms with Crippen molar-refractivity contribution in [2.24, 2.45) is 11.7 Å². The Morgan fingerprint density at radius 3 is 2.48 bits per heavy atom. The van der Waals surface area contributed by atoms with Gasteiger partial charge < -0.3 is 10.6 Å². The molecule has 122 valence electrons. The van der Waals surface area contributed by atoms with Crippen molar-refractivity contribution in [3.05, 3.63) is 15.8 Å². The van der Waals surface area contributed by atoms with Gasteiger partial charge in [0, 0.05) is 24.0 Å². The molecule has 7 heteroatoms. The molecule has 0 spiro atoms. The molecule has 0 amide bonds. The number of nitrogens with zero attached hydrogens (tertiary/aromatic N) is 1. The summed E-state index contributed by atoms with van der Waals surface area (Å²) in [4.78, 5) is 3.08. The summed E-state index contributed by atoms with van der Waals surface area (Å²) in [6.07, 6.45) is 0.804. The molecule has 0 aliphatic carbocycles. The van der Waals surface area contributed by atoms with E-state index in [0.717, 1.165) is 12.0 Å². The molecule has 5 nitrogen and oxygen atoms in total. The Bertz CT molecular complexity index is 541. The predicted octanol–water partition coefficient (Wildman–Crippen LogP) is 1.77. The number of thiophene rings is 1. The van der Waals surface area contributed by atoms with Crippen LogP contribution in [0.2, 0.25) is 0 Å². The number of nitrogens with two attached hydrogens (primary N) is 1. The highest BCUT2D eigenvalue weighted by Gasteiger charge is 2.26. The van der Waals surface area contributed by atoms with E-state index in [-0.39, 0.29) is 12.6 Å². The highest BCUT2D eigenvalue weighted by atomic mass is 32.2. The molecule has 0 saturated carbocycles. The van der Waals surface area contributed by atoms with Crippen LogP contribution in [-0.4, -0.2) is 40.0 Å². The normalized spacial score (nSPS) is 14.1. The standard InChI is InChI=1S/C14H27N3O2S2/c1-10(2)6-12(8-17(4)5)16-21(18,19)14-11(3)9-20-13(14)7-15/h9-10,12,16H,6-8,15H2,1-5H3. The maximum atomic E-state index is 12.7. The van der Waals surface area contributed by atoms with E-state index in [1.807, 2.05) is 31.3 Å². The lowest BCUT2D eigenvalue weighted by molar-refractivity contribution is 0.329. The third-order valence-electron chi connectivity index (χ3n) is 3.11. The van der Waals surface area contributed by atoms with E-state index in [0.29, 0.717) is 22.2 Å². The van der Waals surface area contributed by atoms with Gasteiger partial charge in [0.1, 0.15) is 4.90 Å². The SMILES string of the molecule is Cc1csc(CN)c1S(=O)(=O)NC(CC(C)C)CN(C)C. The maximum absolute atomic E-state index is 12.7. The summed E-state index contributed by atoms with van der Waals surface area (Å²) in [6.45, 7) is 6.93. The van der Waals surface area contributed by atoms with E-state index in [1.54, 1.807) is 0 Å². The third kappa shape index (κ3) is 5.34. The Hall–Kier alpha value is -0.470. The van der Waals surface area contributed by atoms with E-state index < -0.39 is 10.0 Å². The fourth-order valence-electron chi connectivity index (χ4n) is 2.44. The molecule has 0 radical (unpaired) electrons. The number of likely N-dealkylation sites (N-methyl/N-ethyl adjacent to an activating group) is 1. The summed E-state index contributed by atoms with van der Waals surface area (Å²) < 4.78 is 28.2. The summed E-state index contributed by atoms with van der Waals surface area (Å²) in [5.41, 5.74) is 6.43. The molecule has 0 fully saturated rings. The van der Waals surface area contributed by atoms with E-state index >= 15 is 0 Å². The smallest absolute Gasteiger partial charge is 0.242 e. The third-order valence-corrected chi connectivity index (χ3v) is 6.11. The van der Waals surface area contributed by atoms with Gasteiger partial charge in [-0.05, 0) is 44.3 Å². The van der Waals surface area contributed by atoms with Crippen LogP contribution in [0.5, 0.6) is 0 Å². The van der Waals surface area contributed by atoms with Gasteiger partial charge in [0.25, 0.3) is 0 Å². The van der Waals surface area contributed by atoms with Crippen LogP contribution in [0.25, 0.3) is 0 Å². The van der Waals surface area contributed by atoms with Crippen molar-refractivity contribution < 1.29 is 8.42 Å². The quantitative estimate of drug-likeness (QED) is 0.760. The van der Waals surface area contributed by atoms with E-state index in [1.165, 1.54) is 11.3 Å². The van der Waals surface area contributed by atoms with E-state index in [9.17, 15) is 8.42 Å². The number of sulfonamides is 1. The van der Waals surface area contributed by atoms with Crippen molar-refractivity contribution in [1.82, 2.24) is 9.62 Å². The van der Waals surface area contributed by atoms with Crippen LogP contribution in [0, 0.1) is 12.8 Å². The Morgan fingerprint density at radius 2 is 2.00 bits per heavy atom. The van der Waals surface area contributed by atoms with Gasteiger partial charge in [-0.2, -0.15) is 0 Å². The van der Waals surface area contributed by atoms with Gasteiger partial charge in [-0.25, -0.2) is 13.1 Å². The minimum atomic E-state index is -3.53. The average Bonchev–Trinajstić information content (AvgIpc) is 2.68. The first-order valence-corrected chi connectivity index (χ1v) is 9.47. The van der Waals surface area contributed by atoms with E-state index in [2.05, 4.69) is 18.6 Å². The monoisotopic (exact) mass is 333 g/mol. The second kappa shape index (κ2) is 7.69. The molecule has 1 rings (SSSR count). The van der Waals surface area contributed by atoms with Gasteiger partial charge in [-0.1, -0.05) is 13.8 Å². The molecule has 0 bridgehead atoms. The summed E-state index contributed by atoms with van der Waals surface area (Å²) in [5.74, 6) is 0.426. The van der Waals surface area contributed by atoms with Crippen LogP contribution in [0.3, 0.4) is 0 Å². The first-order chi connectivity index (χ1) is 9.67. The Morgan fingerprint density at radius 1 is 1.38 bits per heavy atom. The highest BCUT2D eigenvalue weighted by Crippen LogP contribution is 2.26. The van der Waals surface area contributed by atoms with Gasteiger partial charge in [0.2, 0.25) is 10.0 Å². The van der Waals surface area contributed by atoms with Crippen molar-refractivity contribution in [3.63, 3.8) is 0 Å². The average molecular weight is 334 g/mol. The van der Waals surface area contributed by atoms with Crippen molar-refractivity contribution in [3.8, 4) is 0 Å². The first kappa shape index (κ1) is 18.6. The molecule has 1 atom stereocenters. The summed E-state index contributed by atoms with van der Waals surface area (Å²) >= 11 is 1.40. The molecule has 0 aliphatic heterocycles. The van der Waals surface area contributed by atoms with Gasteiger partial charge in [0.15, 0.2) is 0 Å². The Labute approximate surface area is 132 Å². The molecule has 1 aromatic rings.